The van der Waals surface area contributed by atoms with E-state index in [1.807, 2.05) is 0 Å². The predicted molar refractivity (Wildman–Crippen MR) is 70.1 cm³/mol. The van der Waals surface area contributed by atoms with Crippen LogP contribution in [0.25, 0.3) is 6.08 Å². The molecule has 3 heteroatoms. The normalized spacial score (nSPS) is 16.9. The molecule has 0 unspecified atom stereocenters. The first-order valence-electron chi connectivity index (χ1n) is 6.42. The van der Waals surface area contributed by atoms with Crippen molar-refractivity contribution in [3.8, 4) is 5.75 Å². The highest BCUT2D eigenvalue weighted by atomic mass is 16.5. The second-order valence-corrected chi connectivity index (χ2v) is 4.62. The van der Waals surface area contributed by atoms with Gasteiger partial charge in [-0.25, -0.2) is 4.79 Å². The van der Waals surface area contributed by atoms with Crippen LogP contribution in [0.1, 0.15) is 37.7 Å². The van der Waals surface area contributed by atoms with Gasteiger partial charge in [0.1, 0.15) is 11.9 Å². The Kier molecular flexibility index (Phi) is 4.40. The number of carbonyl (C=O) groups excluding carboxylic acids is 1. The van der Waals surface area contributed by atoms with Gasteiger partial charge >= 0.3 is 5.97 Å². The van der Waals surface area contributed by atoms with E-state index in [-0.39, 0.29) is 17.8 Å². The second kappa shape index (κ2) is 6.24. The minimum Gasteiger partial charge on any atom is -0.508 e. The molecule has 18 heavy (non-hydrogen) atoms. The SMILES string of the molecule is O=C(/C=C/c1ccc(O)cc1)OC1CCCCC1. The summed E-state index contributed by atoms with van der Waals surface area (Å²) < 4.78 is 5.36. The summed E-state index contributed by atoms with van der Waals surface area (Å²) in [6.07, 6.45) is 8.76. The lowest BCUT2D eigenvalue weighted by atomic mass is 9.98. The molecule has 0 radical (unpaired) electrons. The minimum atomic E-state index is -0.282. The molecule has 1 aromatic rings. The lowest BCUT2D eigenvalue weighted by molar-refractivity contribution is -0.144. The summed E-state index contributed by atoms with van der Waals surface area (Å²) >= 11 is 0. The third-order valence-electron chi connectivity index (χ3n) is 3.14. The molecular weight excluding hydrogens is 228 g/mol. The molecule has 1 fully saturated rings. The number of phenols is 1. The zero-order valence-corrected chi connectivity index (χ0v) is 10.3. The molecule has 1 aromatic carbocycles. The maximum absolute atomic E-state index is 11.6. The first-order valence-corrected chi connectivity index (χ1v) is 6.42. The molecule has 0 saturated heterocycles. The number of esters is 1. The van der Waals surface area contributed by atoms with Crippen LogP contribution in [0.4, 0.5) is 0 Å². The molecule has 0 aromatic heterocycles. The van der Waals surface area contributed by atoms with E-state index in [9.17, 15) is 4.79 Å². The fraction of sp³-hybridized carbons (Fsp3) is 0.400. The topological polar surface area (TPSA) is 46.5 Å². The van der Waals surface area contributed by atoms with Crippen LogP contribution in [0.2, 0.25) is 0 Å². The fourth-order valence-corrected chi connectivity index (χ4v) is 2.14. The Balaban J connectivity index is 1.84. The summed E-state index contributed by atoms with van der Waals surface area (Å²) in [7, 11) is 0. The lowest BCUT2D eigenvalue weighted by Crippen LogP contribution is -2.19. The summed E-state index contributed by atoms with van der Waals surface area (Å²) in [6.45, 7) is 0. The van der Waals surface area contributed by atoms with E-state index in [2.05, 4.69) is 0 Å². The average molecular weight is 246 g/mol. The highest BCUT2D eigenvalue weighted by molar-refractivity contribution is 5.87. The van der Waals surface area contributed by atoms with Crippen LogP contribution in [0.15, 0.2) is 30.3 Å². The summed E-state index contributed by atoms with van der Waals surface area (Å²) in [6, 6.07) is 6.68. The highest BCUT2D eigenvalue weighted by Crippen LogP contribution is 2.20. The quantitative estimate of drug-likeness (QED) is 0.657. The standard InChI is InChI=1S/C15H18O3/c16-13-9-6-12(7-10-13)8-11-15(17)18-14-4-2-1-3-5-14/h6-11,14,16H,1-5H2/b11-8+. The number of rotatable bonds is 3. The number of carbonyl (C=O) groups is 1. The molecule has 2 rings (SSSR count). The number of phenolic OH excluding ortho intramolecular Hbond substituents is 1. The van der Waals surface area contributed by atoms with Gasteiger partial charge in [0.05, 0.1) is 0 Å². The lowest BCUT2D eigenvalue weighted by Gasteiger charge is -2.20. The number of aromatic hydroxyl groups is 1. The van der Waals surface area contributed by atoms with Crippen LogP contribution in [0.3, 0.4) is 0 Å². The van der Waals surface area contributed by atoms with Gasteiger partial charge in [-0.05, 0) is 49.5 Å². The summed E-state index contributed by atoms with van der Waals surface area (Å²) in [5, 5.41) is 9.13. The molecule has 0 bridgehead atoms. The fourth-order valence-electron chi connectivity index (χ4n) is 2.14. The van der Waals surface area contributed by atoms with Crippen molar-refractivity contribution in [2.24, 2.45) is 0 Å². The van der Waals surface area contributed by atoms with Crippen molar-refractivity contribution in [3.63, 3.8) is 0 Å². The van der Waals surface area contributed by atoms with Crippen molar-refractivity contribution >= 4 is 12.0 Å². The number of ether oxygens (including phenoxy) is 1. The van der Waals surface area contributed by atoms with Crippen LogP contribution in [0.5, 0.6) is 5.75 Å². The van der Waals surface area contributed by atoms with E-state index < -0.39 is 0 Å². The number of hydrogen-bond donors (Lipinski definition) is 1. The van der Waals surface area contributed by atoms with Gasteiger partial charge in [-0.15, -0.1) is 0 Å². The Morgan fingerprint density at radius 3 is 2.50 bits per heavy atom. The molecule has 0 atom stereocenters. The smallest absolute Gasteiger partial charge is 0.331 e. The van der Waals surface area contributed by atoms with Crippen LogP contribution in [-0.2, 0) is 9.53 Å². The second-order valence-electron chi connectivity index (χ2n) is 4.62. The Bertz CT molecular complexity index is 414. The molecule has 1 aliphatic carbocycles. The molecule has 0 amide bonds. The molecule has 1 aliphatic rings. The van der Waals surface area contributed by atoms with Crippen LogP contribution in [0, 0.1) is 0 Å². The third-order valence-corrected chi connectivity index (χ3v) is 3.14. The van der Waals surface area contributed by atoms with Gasteiger partial charge in [-0.3, -0.25) is 0 Å². The largest absolute Gasteiger partial charge is 0.508 e. The van der Waals surface area contributed by atoms with Gasteiger partial charge < -0.3 is 9.84 Å². The van der Waals surface area contributed by atoms with Gasteiger partial charge in [0.15, 0.2) is 0 Å². The van der Waals surface area contributed by atoms with Gasteiger partial charge in [-0.2, -0.15) is 0 Å². The van der Waals surface area contributed by atoms with Crippen molar-refractivity contribution in [1.29, 1.82) is 0 Å². The number of hydrogen-bond acceptors (Lipinski definition) is 3. The zero-order valence-electron chi connectivity index (χ0n) is 10.3. The van der Waals surface area contributed by atoms with Crippen molar-refractivity contribution in [2.75, 3.05) is 0 Å². The molecule has 3 nitrogen and oxygen atoms in total. The Morgan fingerprint density at radius 2 is 1.83 bits per heavy atom. The number of benzene rings is 1. The van der Waals surface area contributed by atoms with Gasteiger partial charge in [0, 0.05) is 6.08 Å². The Hall–Kier alpha value is -1.77. The zero-order chi connectivity index (χ0) is 12.8. The first-order chi connectivity index (χ1) is 8.74. The van der Waals surface area contributed by atoms with Gasteiger partial charge in [0.25, 0.3) is 0 Å². The minimum absolute atomic E-state index is 0.0933. The van der Waals surface area contributed by atoms with E-state index in [1.54, 1.807) is 30.3 Å². The van der Waals surface area contributed by atoms with Gasteiger partial charge in [0.2, 0.25) is 0 Å². The Morgan fingerprint density at radius 1 is 1.17 bits per heavy atom. The average Bonchev–Trinajstić information content (AvgIpc) is 2.39. The summed E-state index contributed by atoms with van der Waals surface area (Å²) in [4.78, 5) is 11.6. The molecule has 96 valence electrons. The molecule has 1 N–H and O–H groups in total. The van der Waals surface area contributed by atoms with Crippen molar-refractivity contribution in [2.45, 2.75) is 38.2 Å². The van der Waals surface area contributed by atoms with E-state index in [0.717, 1.165) is 31.2 Å². The Labute approximate surface area is 107 Å². The van der Waals surface area contributed by atoms with Crippen molar-refractivity contribution < 1.29 is 14.6 Å². The van der Waals surface area contributed by atoms with Crippen LogP contribution in [-0.4, -0.2) is 17.2 Å². The monoisotopic (exact) mass is 246 g/mol. The first kappa shape index (κ1) is 12.7. The highest BCUT2D eigenvalue weighted by Gasteiger charge is 2.16. The van der Waals surface area contributed by atoms with E-state index in [1.165, 1.54) is 12.5 Å². The van der Waals surface area contributed by atoms with E-state index >= 15 is 0 Å². The third kappa shape index (κ3) is 3.91. The summed E-state index contributed by atoms with van der Waals surface area (Å²) in [5.74, 6) is -0.0630. The predicted octanol–water partition coefficient (Wildman–Crippen LogP) is 3.28. The molecule has 0 spiro atoms. The summed E-state index contributed by atoms with van der Waals surface area (Å²) in [5.41, 5.74) is 0.869. The molecule has 1 saturated carbocycles. The van der Waals surface area contributed by atoms with Crippen molar-refractivity contribution in [3.05, 3.63) is 35.9 Å². The van der Waals surface area contributed by atoms with E-state index in [0.29, 0.717) is 0 Å². The molecule has 0 aliphatic heterocycles. The van der Waals surface area contributed by atoms with E-state index in [4.69, 9.17) is 9.84 Å². The van der Waals surface area contributed by atoms with Crippen LogP contribution < -0.4 is 0 Å². The van der Waals surface area contributed by atoms with Crippen LogP contribution >= 0.6 is 0 Å². The molecule has 0 heterocycles. The van der Waals surface area contributed by atoms with Crippen molar-refractivity contribution in [1.82, 2.24) is 0 Å². The maximum Gasteiger partial charge on any atom is 0.331 e. The maximum atomic E-state index is 11.6. The van der Waals surface area contributed by atoms with Gasteiger partial charge in [-0.1, -0.05) is 18.6 Å². The molecular formula is C15H18O3.